The van der Waals surface area contributed by atoms with E-state index < -0.39 is 12.1 Å². The lowest BCUT2D eigenvalue weighted by Gasteiger charge is -2.15. The van der Waals surface area contributed by atoms with Gasteiger partial charge in [0.2, 0.25) is 0 Å². The molecule has 2 aromatic rings. The Bertz CT molecular complexity index is 722. The zero-order chi connectivity index (χ0) is 17.0. The van der Waals surface area contributed by atoms with Crippen LogP contribution in [0.25, 0.3) is 0 Å². The first kappa shape index (κ1) is 17.0. The molecule has 0 aliphatic rings. The van der Waals surface area contributed by atoms with Crippen molar-refractivity contribution in [1.82, 2.24) is 0 Å². The van der Waals surface area contributed by atoms with E-state index >= 15 is 0 Å². The number of ketones is 1. The minimum absolute atomic E-state index is 0.0437. The minimum Gasteiger partial charge on any atom is -0.479 e. The standard InChI is InChI=1S/C18H17ClO4/c1-11-10-15(19)6-9-17(11)22-13(3)18(21)23-16-7-4-14(5-8-16)12(2)20/h4-10,13H,1-3H3/t13-/m0/s1. The van der Waals surface area contributed by atoms with Gasteiger partial charge in [-0.15, -0.1) is 0 Å². The molecule has 0 fully saturated rings. The number of hydrogen-bond donors (Lipinski definition) is 0. The van der Waals surface area contributed by atoms with Gasteiger partial charge in [0.05, 0.1) is 0 Å². The largest absolute Gasteiger partial charge is 0.479 e. The van der Waals surface area contributed by atoms with E-state index in [1.165, 1.54) is 6.92 Å². The smallest absolute Gasteiger partial charge is 0.352 e. The van der Waals surface area contributed by atoms with Crippen LogP contribution in [-0.4, -0.2) is 17.9 Å². The van der Waals surface area contributed by atoms with Crippen LogP contribution < -0.4 is 9.47 Å². The van der Waals surface area contributed by atoms with Crippen molar-refractivity contribution in [1.29, 1.82) is 0 Å². The molecule has 1 atom stereocenters. The van der Waals surface area contributed by atoms with Crippen molar-refractivity contribution in [3.05, 3.63) is 58.6 Å². The van der Waals surface area contributed by atoms with E-state index in [1.807, 2.05) is 6.92 Å². The molecule has 0 radical (unpaired) electrons. The molecule has 0 spiro atoms. The molecule has 0 aromatic heterocycles. The quantitative estimate of drug-likeness (QED) is 0.467. The SMILES string of the molecule is CC(=O)c1ccc(OC(=O)[C@H](C)Oc2ccc(Cl)cc2C)cc1. The van der Waals surface area contributed by atoms with E-state index in [-0.39, 0.29) is 5.78 Å². The summed E-state index contributed by atoms with van der Waals surface area (Å²) in [6, 6.07) is 11.5. The van der Waals surface area contributed by atoms with E-state index in [2.05, 4.69) is 0 Å². The van der Waals surface area contributed by atoms with Crippen LogP contribution >= 0.6 is 11.6 Å². The van der Waals surface area contributed by atoms with Crippen LogP contribution in [0.15, 0.2) is 42.5 Å². The molecular weight excluding hydrogens is 316 g/mol. The van der Waals surface area contributed by atoms with E-state index in [0.29, 0.717) is 22.1 Å². The average Bonchev–Trinajstić information content (AvgIpc) is 2.50. The normalized spacial score (nSPS) is 11.7. The maximum Gasteiger partial charge on any atom is 0.352 e. The third-order valence-corrected chi connectivity index (χ3v) is 3.49. The third-order valence-electron chi connectivity index (χ3n) is 3.25. The molecule has 0 bridgehead atoms. The lowest BCUT2D eigenvalue weighted by Crippen LogP contribution is -2.28. The number of esters is 1. The fourth-order valence-electron chi connectivity index (χ4n) is 1.94. The topological polar surface area (TPSA) is 52.6 Å². The molecule has 0 N–H and O–H groups in total. The van der Waals surface area contributed by atoms with Crippen LogP contribution in [0, 0.1) is 6.92 Å². The van der Waals surface area contributed by atoms with Crippen LogP contribution in [0.3, 0.4) is 0 Å². The van der Waals surface area contributed by atoms with Gasteiger partial charge in [-0.1, -0.05) is 11.6 Å². The molecule has 0 aliphatic heterocycles. The van der Waals surface area contributed by atoms with Gasteiger partial charge in [0.25, 0.3) is 0 Å². The summed E-state index contributed by atoms with van der Waals surface area (Å²) in [5.41, 5.74) is 1.40. The number of benzene rings is 2. The molecule has 0 amide bonds. The van der Waals surface area contributed by atoms with Crippen molar-refractivity contribution in [2.24, 2.45) is 0 Å². The Hall–Kier alpha value is -2.33. The lowest BCUT2D eigenvalue weighted by atomic mass is 10.1. The number of ether oxygens (including phenoxy) is 2. The fraction of sp³-hybridized carbons (Fsp3) is 0.222. The number of carbonyl (C=O) groups excluding carboxylic acids is 2. The summed E-state index contributed by atoms with van der Waals surface area (Å²) < 4.78 is 10.9. The molecule has 5 heteroatoms. The number of Topliss-reactive ketones (excluding diaryl/α,β-unsaturated/α-hetero) is 1. The van der Waals surface area contributed by atoms with E-state index in [1.54, 1.807) is 49.4 Å². The average molecular weight is 333 g/mol. The Balaban J connectivity index is 2.00. The van der Waals surface area contributed by atoms with Gasteiger partial charge >= 0.3 is 5.97 Å². The Morgan fingerprint density at radius 3 is 2.30 bits per heavy atom. The highest BCUT2D eigenvalue weighted by atomic mass is 35.5. The van der Waals surface area contributed by atoms with Gasteiger partial charge in [0.1, 0.15) is 11.5 Å². The molecule has 0 heterocycles. The number of aryl methyl sites for hydroxylation is 1. The van der Waals surface area contributed by atoms with Crippen molar-refractivity contribution in [3.8, 4) is 11.5 Å². The minimum atomic E-state index is -0.776. The van der Waals surface area contributed by atoms with E-state index in [9.17, 15) is 9.59 Å². The summed E-state index contributed by atoms with van der Waals surface area (Å²) in [6.45, 7) is 4.94. The van der Waals surface area contributed by atoms with Gasteiger partial charge in [-0.3, -0.25) is 4.79 Å². The Morgan fingerprint density at radius 1 is 1.09 bits per heavy atom. The van der Waals surface area contributed by atoms with Crippen LogP contribution in [0.4, 0.5) is 0 Å². The predicted octanol–water partition coefficient (Wildman–Crippen LogP) is 4.22. The van der Waals surface area contributed by atoms with Crippen molar-refractivity contribution < 1.29 is 19.1 Å². The van der Waals surface area contributed by atoms with Crippen LogP contribution in [0.2, 0.25) is 5.02 Å². The Kier molecular flexibility index (Phi) is 5.40. The van der Waals surface area contributed by atoms with Crippen LogP contribution in [0.1, 0.15) is 29.8 Å². The van der Waals surface area contributed by atoms with Crippen molar-refractivity contribution in [2.45, 2.75) is 26.9 Å². The maximum absolute atomic E-state index is 12.1. The van der Waals surface area contributed by atoms with Gasteiger partial charge in [0.15, 0.2) is 11.9 Å². The molecule has 4 nitrogen and oxygen atoms in total. The van der Waals surface area contributed by atoms with Crippen LogP contribution in [-0.2, 0) is 4.79 Å². The highest BCUT2D eigenvalue weighted by molar-refractivity contribution is 6.30. The maximum atomic E-state index is 12.1. The molecular formula is C18H17ClO4. The third kappa shape index (κ3) is 4.57. The van der Waals surface area contributed by atoms with Gasteiger partial charge in [-0.25, -0.2) is 4.79 Å². The van der Waals surface area contributed by atoms with Crippen molar-refractivity contribution in [2.75, 3.05) is 0 Å². The number of rotatable bonds is 5. The van der Waals surface area contributed by atoms with Crippen molar-refractivity contribution in [3.63, 3.8) is 0 Å². The van der Waals surface area contributed by atoms with E-state index in [4.69, 9.17) is 21.1 Å². The predicted molar refractivity (Wildman–Crippen MR) is 88.4 cm³/mol. The molecule has 120 valence electrons. The molecule has 2 rings (SSSR count). The summed E-state index contributed by atoms with van der Waals surface area (Å²) in [6.07, 6.45) is -0.776. The first-order chi connectivity index (χ1) is 10.9. The highest BCUT2D eigenvalue weighted by Gasteiger charge is 2.18. The zero-order valence-electron chi connectivity index (χ0n) is 13.1. The summed E-state index contributed by atoms with van der Waals surface area (Å²) in [5, 5.41) is 0.607. The summed E-state index contributed by atoms with van der Waals surface area (Å²) in [5.74, 6) is 0.377. The molecule has 0 unspecified atom stereocenters. The monoisotopic (exact) mass is 332 g/mol. The summed E-state index contributed by atoms with van der Waals surface area (Å²) in [4.78, 5) is 23.3. The Labute approximate surface area is 140 Å². The molecule has 0 saturated carbocycles. The second kappa shape index (κ2) is 7.29. The Morgan fingerprint density at radius 2 is 1.74 bits per heavy atom. The second-order valence-electron chi connectivity index (χ2n) is 5.17. The molecule has 23 heavy (non-hydrogen) atoms. The van der Waals surface area contributed by atoms with E-state index in [0.717, 1.165) is 5.56 Å². The number of carbonyl (C=O) groups is 2. The first-order valence-corrected chi connectivity index (χ1v) is 7.50. The molecule has 2 aromatic carbocycles. The van der Waals surface area contributed by atoms with Gasteiger partial charge < -0.3 is 9.47 Å². The highest BCUT2D eigenvalue weighted by Crippen LogP contribution is 2.23. The second-order valence-corrected chi connectivity index (χ2v) is 5.61. The summed E-state index contributed by atoms with van der Waals surface area (Å²) in [7, 11) is 0. The number of hydrogen-bond acceptors (Lipinski definition) is 4. The lowest BCUT2D eigenvalue weighted by molar-refractivity contribution is -0.141. The molecule has 0 aliphatic carbocycles. The van der Waals surface area contributed by atoms with Gasteiger partial charge in [-0.2, -0.15) is 0 Å². The van der Waals surface area contributed by atoms with Crippen molar-refractivity contribution >= 4 is 23.4 Å². The van der Waals surface area contributed by atoms with Gasteiger partial charge in [0, 0.05) is 10.6 Å². The van der Waals surface area contributed by atoms with Gasteiger partial charge in [-0.05, 0) is 68.8 Å². The zero-order valence-corrected chi connectivity index (χ0v) is 13.9. The van der Waals surface area contributed by atoms with Crippen LogP contribution in [0.5, 0.6) is 11.5 Å². The first-order valence-electron chi connectivity index (χ1n) is 7.12. The fourth-order valence-corrected chi connectivity index (χ4v) is 2.17. The number of halogens is 1. The molecule has 0 saturated heterocycles. The summed E-state index contributed by atoms with van der Waals surface area (Å²) >= 11 is 5.89.